The van der Waals surface area contributed by atoms with Gasteiger partial charge in [-0.1, -0.05) is 11.6 Å². The summed E-state index contributed by atoms with van der Waals surface area (Å²) in [5.74, 6) is -1.21. The van der Waals surface area contributed by atoms with Crippen LogP contribution in [0.3, 0.4) is 0 Å². The molecule has 0 saturated carbocycles. The van der Waals surface area contributed by atoms with Crippen molar-refractivity contribution >= 4 is 28.5 Å². The standard InChI is InChI=1S/C14H14ClNO3/c1-7(2)16-6-10(14(18)19)13(17)9-4-8(3)11(15)5-12(9)16/h4-7H,1-3H3,(H,18,19). The average Bonchev–Trinajstić information content (AvgIpc) is 2.31. The predicted molar refractivity (Wildman–Crippen MR) is 75.3 cm³/mol. The third-order valence-corrected chi connectivity index (χ3v) is 3.51. The predicted octanol–water partition coefficient (Wildman–Crippen LogP) is 3.24. The first-order valence-corrected chi connectivity index (χ1v) is 6.29. The molecule has 0 saturated heterocycles. The Balaban J connectivity index is 3.01. The summed E-state index contributed by atoms with van der Waals surface area (Å²) in [5.41, 5.74) is 0.715. The van der Waals surface area contributed by atoms with E-state index >= 15 is 0 Å². The minimum Gasteiger partial charge on any atom is -0.477 e. The van der Waals surface area contributed by atoms with Gasteiger partial charge in [0.15, 0.2) is 0 Å². The molecule has 19 heavy (non-hydrogen) atoms. The lowest BCUT2D eigenvalue weighted by molar-refractivity contribution is 0.0695. The van der Waals surface area contributed by atoms with Gasteiger partial charge >= 0.3 is 5.97 Å². The minimum absolute atomic E-state index is 0.0278. The quantitative estimate of drug-likeness (QED) is 0.918. The zero-order valence-corrected chi connectivity index (χ0v) is 11.7. The molecule has 0 amide bonds. The summed E-state index contributed by atoms with van der Waals surface area (Å²) in [7, 11) is 0. The van der Waals surface area contributed by atoms with Gasteiger partial charge in [0, 0.05) is 22.6 Å². The lowest BCUT2D eigenvalue weighted by atomic mass is 10.1. The maximum atomic E-state index is 12.2. The number of pyridine rings is 1. The Morgan fingerprint density at radius 3 is 2.53 bits per heavy atom. The summed E-state index contributed by atoms with van der Waals surface area (Å²) in [5, 5.41) is 10.1. The Labute approximate surface area is 115 Å². The molecule has 4 nitrogen and oxygen atoms in total. The number of aromatic carboxylic acids is 1. The summed E-state index contributed by atoms with van der Waals surface area (Å²) in [6.45, 7) is 5.63. The van der Waals surface area contributed by atoms with Gasteiger partial charge < -0.3 is 9.67 Å². The number of hydrogen-bond acceptors (Lipinski definition) is 2. The second-order valence-corrected chi connectivity index (χ2v) is 5.20. The molecule has 0 bridgehead atoms. The molecule has 1 heterocycles. The highest BCUT2D eigenvalue weighted by Gasteiger charge is 2.16. The van der Waals surface area contributed by atoms with Crippen molar-refractivity contribution in [2.75, 3.05) is 0 Å². The van der Waals surface area contributed by atoms with E-state index < -0.39 is 11.4 Å². The summed E-state index contributed by atoms with van der Waals surface area (Å²) < 4.78 is 1.76. The van der Waals surface area contributed by atoms with Gasteiger partial charge in [0.05, 0.1) is 5.52 Å². The molecule has 1 N–H and O–H groups in total. The number of nitrogens with zero attached hydrogens (tertiary/aromatic N) is 1. The van der Waals surface area contributed by atoms with Crippen molar-refractivity contribution in [2.45, 2.75) is 26.8 Å². The van der Waals surface area contributed by atoms with E-state index in [1.165, 1.54) is 6.20 Å². The van der Waals surface area contributed by atoms with Crippen molar-refractivity contribution in [2.24, 2.45) is 0 Å². The first-order valence-electron chi connectivity index (χ1n) is 5.91. The summed E-state index contributed by atoms with van der Waals surface area (Å²) >= 11 is 6.09. The second-order valence-electron chi connectivity index (χ2n) is 4.80. The molecule has 100 valence electrons. The monoisotopic (exact) mass is 279 g/mol. The average molecular weight is 280 g/mol. The molecule has 0 atom stereocenters. The fraction of sp³-hybridized carbons (Fsp3) is 0.286. The Hall–Kier alpha value is -1.81. The third-order valence-electron chi connectivity index (χ3n) is 3.10. The molecule has 0 aliphatic heterocycles. The number of hydrogen-bond donors (Lipinski definition) is 1. The molecule has 2 aromatic rings. The highest BCUT2D eigenvalue weighted by Crippen LogP contribution is 2.24. The largest absolute Gasteiger partial charge is 0.477 e. The molecule has 0 radical (unpaired) electrons. The molecule has 0 spiro atoms. The van der Waals surface area contributed by atoms with E-state index in [1.807, 2.05) is 13.8 Å². The van der Waals surface area contributed by atoms with Gasteiger partial charge in [0.2, 0.25) is 5.43 Å². The van der Waals surface area contributed by atoms with E-state index in [9.17, 15) is 9.59 Å². The van der Waals surface area contributed by atoms with Crippen LogP contribution in [0.1, 0.15) is 35.8 Å². The number of carboxylic acid groups (broad SMARTS) is 1. The first kappa shape index (κ1) is 13.6. The molecular weight excluding hydrogens is 266 g/mol. The maximum Gasteiger partial charge on any atom is 0.341 e. The van der Waals surface area contributed by atoms with E-state index in [0.29, 0.717) is 15.9 Å². The molecule has 0 unspecified atom stereocenters. The molecule has 1 aromatic heterocycles. The van der Waals surface area contributed by atoms with E-state index in [0.717, 1.165) is 5.56 Å². The summed E-state index contributed by atoms with van der Waals surface area (Å²) in [4.78, 5) is 23.3. The smallest absolute Gasteiger partial charge is 0.341 e. The van der Waals surface area contributed by atoms with Crippen molar-refractivity contribution < 1.29 is 9.90 Å². The van der Waals surface area contributed by atoms with Crippen LogP contribution >= 0.6 is 11.6 Å². The number of halogens is 1. The van der Waals surface area contributed by atoms with Crippen molar-refractivity contribution in [3.63, 3.8) is 0 Å². The van der Waals surface area contributed by atoms with E-state index in [1.54, 1.807) is 23.6 Å². The molecule has 1 aromatic carbocycles. The maximum absolute atomic E-state index is 12.2. The van der Waals surface area contributed by atoms with Gasteiger partial charge in [-0.3, -0.25) is 4.79 Å². The van der Waals surface area contributed by atoms with Crippen LogP contribution in [-0.4, -0.2) is 15.6 Å². The fourth-order valence-corrected chi connectivity index (χ4v) is 2.22. The van der Waals surface area contributed by atoms with Gasteiger partial charge in [-0.25, -0.2) is 4.79 Å². The SMILES string of the molecule is Cc1cc2c(=O)c(C(=O)O)cn(C(C)C)c2cc1Cl. The van der Waals surface area contributed by atoms with E-state index in [4.69, 9.17) is 16.7 Å². The Bertz CT molecular complexity index is 732. The van der Waals surface area contributed by atoms with Crippen LogP contribution in [-0.2, 0) is 0 Å². The van der Waals surface area contributed by atoms with Crippen LogP contribution in [0.25, 0.3) is 10.9 Å². The van der Waals surface area contributed by atoms with E-state index in [2.05, 4.69) is 0 Å². The van der Waals surface area contributed by atoms with Crippen molar-refractivity contribution in [3.8, 4) is 0 Å². The molecule has 5 heteroatoms. The zero-order valence-electron chi connectivity index (χ0n) is 10.9. The van der Waals surface area contributed by atoms with Gasteiger partial charge in [-0.2, -0.15) is 0 Å². The molecule has 2 rings (SSSR count). The Morgan fingerprint density at radius 2 is 2.00 bits per heavy atom. The van der Waals surface area contributed by atoms with Crippen LogP contribution in [0.15, 0.2) is 23.1 Å². The normalized spacial score (nSPS) is 11.2. The number of aryl methyl sites for hydroxylation is 1. The van der Waals surface area contributed by atoms with Crippen LogP contribution in [0.5, 0.6) is 0 Å². The Kier molecular flexibility index (Phi) is 3.37. The highest BCUT2D eigenvalue weighted by atomic mass is 35.5. The van der Waals surface area contributed by atoms with E-state index in [-0.39, 0.29) is 11.6 Å². The van der Waals surface area contributed by atoms with Crippen LogP contribution in [0.2, 0.25) is 5.02 Å². The van der Waals surface area contributed by atoms with Gasteiger partial charge in [0.1, 0.15) is 5.56 Å². The second kappa shape index (κ2) is 4.70. The number of carboxylic acids is 1. The topological polar surface area (TPSA) is 59.3 Å². The molecule has 0 aliphatic rings. The molecular formula is C14H14ClNO3. The minimum atomic E-state index is -1.21. The number of fused-ring (bicyclic) bond motifs is 1. The first-order chi connectivity index (χ1) is 8.82. The number of aromatic nitrogens is 1. The summed E-state index contributed by atoms with van der Waals surface area (Å²) in [6.07, 6.45) is 1.38. The van der Waals surface area contributed by atoms with Crippen LogP contribution in [0, 0.1) is 6.92 Å². The van der Waals surface area contributed by atoms with Crippen molar-refractivity contribution in [1.29, 1.82) is 0 Å². The summed E-state index contributed by atoms with van der Waals surface area (Å²) in [6, 6.07) is 3.38. The van der Waals surface area contributed by atoms with Crippen molar-refractivity contribution in [3.05, 3.63) is 44.7 Å². The highest BCUT2D eigenvalue weighted by molar-refractivity contribution is 6.32. The van der Waals surface area contributed by atoms with Gasteiger partial charge in [0.25, 0.3) is 0 Å². The Morgan fingerprint density at radius 1 is 1.37 bits per heavy atom. The third kappa shape index (κ3) is 2.24. The lowest BCUT2D eigenvalue weighted by Gasteiger charge is -2.16. The molecule has 0 fully saturated rings. The van der Waals surface area contributed by atoms with Crippen molar-refractivity contribution in [1.82, 2.24) is 4.57 Å². The number of rotatable bonds is 2. The fourth-order valence-electron chi connectivity index (χ4n) is 2.06. The van der Waals surface area contributed by atoms with Gasteiger partial charge in [-0.05, 0) is 38.5 Å². The lowest BCUT2D eigenvalue weighted by Crippen LogP contribution is -2.19. The zero-order chi connectivity index (χ0) is 14.3. The number of benzene rings is 1. The van der Waals surface area contributed by atoms with Gasteiger partial charge in [-0.15, -0.1) is 0 Å². The van der Waals surface area contributed by atoms with Crippen LogP contribution < -0.4 is 5.43 Å². The number of carbonyl (C=O) groups is 1. The molecule has 0 aliphatic carbocycles. The van der Waals surface area contributed by atoms with Crippen LogP contribution in [0.4, 0.5) is 0 Å².